The Labute approximate surface area is 178 Å². The number of amides is 1. The molecule has 28 heavy (non-hydrogen) atoms. The molecule has 3 nitrogen and oxygen atoms in total. The molecule has 2 aromatic carbocycles. The largest absolute Gasteiger partial charge is 0.358 e. The molecule has 0 N–H and O–H groups in total. The number of thiocarbonyl (C=S) groups is 1. The summed E-state index contributed by atoms with van der Waals surface area (Å²) in [5, 5.41) is 0.262. The number of hydrogen-bond acceptors (Lipinski definition) is 3. The highest BCUT2D eigenvalue weighted by Crippen LogP contribution is 2.46. The highest BCUT2D eigenvalue weighted by molar-refractivity contribution is 8.23. The van der Waals surface area contributed by atoms with Crippen LogP contribution in [0.15, 0.2) is 48.5 Å². The number of rotatable bonds is 4. The highest BCUT2D eigenvalue weighted by Gasteiger charge is 2.35. The van der Waals surface area contributed by atoms with Crippen LogP contribution in [-0.4, -0.2) is 34.3 Å². The summed E-state index contributed by atoms with van der Waals surface area (Å²) in [6.45, 7) is 10.4. The van der Waals surface area contributed by atoms with Crippen molar-refractivity contribution in [3.63, 3.8) is 0 Å². The van der Waals surface area contributed by atoms with Crippen molar-refractivity contribution in [2.75, 3.05) is 18.0 Å². The van der Waals surface area contributed by atoms with Crippen molar-refractivity contribution in [1.82, 2.24) is 4.90 Å². The van der Waals surface area contributed by atoms with E-state index < -0.39 is 0 Å². The quantitative estimate of drug-likeness (QED) is 0.589. The molecule has 1 aliphatic heterocycles. The van der Waals surface area contributed by atoms with E-state index in [0.29, 0.717) is 0 Å². The van der Waals surface area contributed by atoms with E-state index in [2.05, 4.69) is 50.8 Å². The van der Waals surface area contributed by atoms with Crippen molar-refractivity contribution in [1.29, 1.82) is 0 Å². The second kappa shape index (κ2) is 9.10. The number of carbonyl (C=O) groups excluding carboxylic acids is 1. The van der Waals surface area contributed by atoms with E-state index in [9.17, 15) is 4.79 Å². The molecule has 0 aliphatic carbocycles. The average Bonchev–Trinajstić information content (AvgIpc) is 2.69. The number of fused-ring (bicyclic) bond motifs is 1. The summed E-state index contributed by atoms with van der Waals surface area (Å²) in [5.74, 6) is 0.0629. The third kappa shape index (κ3) is 4.26. The second-order valence-electron chi connectivity index (χ2n) is 7.23. The van der Waals surface area contributed by atoms with Crippen molar-refractivity contribution in [2.45, 2.75) is 45.4 Å². The van der Waals surface area contributed by atoms with Crippen molar-refractivity contribution in [3.05, 3.63) is 65.2 Å². The van der Waals surface area contributed by atoms with Crippen LogP contribution in [0.5, 0.6) is 0 Å². The zero-order valence-corrected chi connectivity index (χ0v) is 18.6. The van der Waals surface area contributed by atoms with Gasteiger partial charge >= 0.3 is 0 Å². The molecule has 148 valence electrons. The summed E-state index contributed by atoms with van der Waals surface area (Å²) in [7, 11) is 0. The first-order valence-corrected chi connectivity index (χ1v) is 11.2. The van der Waals surface area contributed by atoms with Crippen molar-refractivity contribution in [2.24, 2.45) is 0 Å². The number of nitrogens with zero attached hydrogens (tertiary/aromatic N) is 2. The Morgan fingerprint density at radius 1 is 1.18 bits per heavy atom. The summed E-state index contributed by atoms with van der Waals surface area (Å²) >= 11 is 7.48. The SMILES string of the molecule is CCN(CC)C(=S)S[C@@H]1C[C@@H](C)N(C(=O)c2ccccc2)c2ccc(C)cc21. The lowest BCUT2D eigenvalue weighted by atomic mass is 9.94. The summed E-state index contributed by atoms with van der Waals surface area (Å²) in [6.07, 6.45) is 0.890. The van der Waals surface area contributed by atoms with Gasteiger partial charge in [0.05, 0.1) is 0 Å². The summed E-state index contributed by atoms with van der Waals surface area (Å²) < 4.78 is 0.942. The van der Waals surface area contributed by atoms with Gasteiger partial charge in [-0.15, -0.1) is 0 Å². The Kier molecular flexibility index (Phi) is 6.78. The molecule has 0 saturated carbocycles. The van der Waals surface area contributed by atoms with Crippen LogP contribution >= 0.6 is 24.0 Å². The first-order chi connectivity index (χ1) is 13.5. The zero-order chi connectivity index (χ0) is 20.3. The van der Waals surface area contributed by atoms with Gasteiger partial charge in [0.15, 0.2) is 0 Å². The van der Waals surface area contributed by atoms with Gasteiger partial charge < -0.3 is 9.80 Å². The fourth-order valence-corrected chi connectivity index (χ4v) is 5.70. The molecule has 0 saturated heterocycles. The monoisotopic (exact) mass is 412 g/mol. The molecule has 1 heterocycles. The van der Waals surface area contributed by atoms with Crippen LogP contribution in [0.2, 0.25) is 0 Å². The molecule has 0 fully saturated rings. The second-order valence-corrected chi connectivity index (χ2v) is 9.07. The molecule has 0 spiro atoms. The molecule has 1 aliphatic rings. The minimum absolute atomic E-state index is 0.0629. The van der Waals surface area contributed by atoms with Gasteiger partial charge in [0, 0.05) is 35.6 Å². The lowest BCUT2D eigenvalue weighted by Crippen LogP contribution is -2.43. The van der Waals surface area contributed by atoms with Crippen LogP contribution in [0.4, 0.5) is 5.69 Å². The maximum absolute atomic E-state index is 13.3. The maximum atomic E-state index is 13.3. The molecule has 0 unspecified atom stereocenters. The minimum atomic E-state index is 0.0629. The van der Waals surface area contributed by atoms with Crippen LogP contribution < -0.4 is 4.90 Å². The smallest absolute Gasteiger partial charge is 0.258 e. The molecule has 5 heteroatoms. The van der Waals surface area contributed by atoms with E-state index in [1.807, 2.05) is 35.2 Å². The summed E-state index contributed by atoms with van der Waals surface area (Å²) in [6, 6.07) is 16.1. The third-order valence-electron chi connectivity index (χ3n) is 5.29. The fraction of sp³-hybridized carbons (Fsp3) is 0.391. The first kappa shape index (κ1) is 20.9. The Hall–Kier alpha value is -1.85. The molecule has 0 radical (unpaired) electrons. The van der Waals surface area contributed by atoms with Gasteiger partial charge in [0.25, 0.3) is 5.91 Å². The predicted octanol–water partition coefficient (Wildman–Crippen LogP) is 5.84. The highest BCUT2D eigenvalue weighted by atomic mass is 32.2. The Bertz CT molecular complexity index is 849. The molecule has 2 atom stereocenters. The molecule has 0 bridgehead atoms. The van der Waals surface area contributed by atoms with Crippen LogP contribution in [0.3, 0.4) is 0 Å². The molecule has 3 rings (SSSR count). The summed E-state index contributed by atoms with van der Waals surface area (Å²) in [5.41, 5.74) is 4.16. The van der Waals surface area contributed by atoms with Gasteiger partial charge in [-0.1, -0.05) is 59.9 Å². The Balaban J connectivity index is 1.96. The van der Waals surface area contributed by atoms with E-state index in [0.717, 1.165) is 35.1 Å². The standard InChI is InChI=1S/C23H28N2OS2/c1-5-24(6-2)23(27)28-21-15-17(4)25(20-13-12-16(3)14-19(20)21)22(26)18-10-8-7-9-11-18/h7-14,17,21H,5-6,15H2,1-4H3/t17-,21-/m1/s1. The van der Waals surface area contributed by atoms with Gasteiger partial charge in [-0.25, -0.2) is 0 Å². The predicted molar refractivity (Wildman–Crippen MR) is 124 cm³/mol. The van der Waals surface area contributed by atoms with Crippen molar-refractivity contribution in [3.8, 4) is 0 Å². The topological polar surface area (TPSA) is 23.6 Å². The zero-order valence-electron chi connectivity index (χ0n) is 17.0. The molecule has 0 aromatic heterocycles. The van der Waals surface area contributed by atoms with E-state index in [1.165, 1.54) is 11.1 Å². The maximum Gasteiger partial charge on any atom is 0.258 e. The van der Waals surface area contributed by atoms with Gasteiger partial charge in [-0.3, -0.25) is 4.79 Å². The van der Waals surface area contributed by atoms with Crippen LogP contribution in [0.1, 0.15) is 53.9 Å². The lowest BCUT2D eigenvalue weighted by molar-refractivity contribution is 0.0975. The minimum Gasteiger partial charge on any atom is -0.358 e. The van der Waals surface area contributed by atoms with E-state index in [1.54, 1.807) is 11.8 Å². The number of carbonyl (C=O) groups is 1. The Morgan fingerprint density at radius 2 is 1.86 bits per heavy atom. The average molecular weight is 413 g/mol. The number of thioether (sulfide) groups is 1. The number of anilines is 1. The van der Waals surface area contributed by atoms with Crippen LogP contribution in [0, 0.1) is 6.92 Å². The van der Waals surface area contributed by atoms with E-state index >= 15 is 0 Å². The van der Waals surface area contributed by atoms with Gasteiger partial charge in [0.1, 0.15) is 4.32 Å². The molecule has 1 amide bonds. The Morgan fingerprint density at radius 3 is 2.50 bits per heavy atom. The summed E-state index contributed by atoms with van der Waals surface area (Å²) in [4.78, 5) is 17.5. The lowest BCUT2D eigenvalue weighted by Gasteiger charge is -2.40. The van der Waals surface area contributed by atoms with Crippen molar-refractivity contribution >= 4 is 39.9 Å². The van der Waals surface area contributed by atoms with Gasteiger partial charge in [-0.05, 0) is 57.9 Å². The molecular formula is C23H28N2OS2. The van der Waals surface area contributed by atoms with E-state index in [4.69, 9.17) is 12.2 Å². The normalized spacial score (nSPS) is 18.5. The van der Waals surface area contributed by atoms with Crippen LogP contribution in [0.25, 0.3) is 0 Å². The number of hydrogen-bond donors (Lipinski definition) is 0. The fourth-order valence-electron chi connectivity index (χ4n) is 3.75. The molecular weight excluding hydrogens is 384 g/mol. The number of aryl methyl sites for hydroxylation is 1. The number of benzene rings is 2. The molecule has 2 aromatic rings. The van der Waals surface area contributed by atoms with Crippen LogP contribution in [-0.2, 0) is 0 Å². The van der Waals surface area contributed by atoms with Gasteiger partial charge in [-0.2, -0.15) is 0 Å². The van der Waals surface area contributed by atoms with E-state index in [-0.39, 0.29) is 17.2 Å². The third-order valence-corrected chi connectivity index (χ3v) is 7.03. The first-order valence-electron chi connectivity index (χ1n) is 9.91. The van der Waals surface area contributed by atoms with Crippen molar-refractivity contribution < 1.29 is 4.79 Å². The van der Waals surface area contributed by atoms with Gasteiger partial charge in [0.2, 0.25) is 0 Å².